The van der Waals surface area contributed by atoms with Gasteiger partial charge in [-0.25, -0.2) is 10.2 Å². The van der Waals surface area contributed by atoms with E-state index in [0.29, 0.717) is 21.6 Å². The lowest BCUT2D eigenvalue weighted by atomic mass is 10.1. The third kappa shape index (κ3) is 5.25. The number of hydrazone groups is 1. The van der Waals surface area contributed by atoms with Crippen LogP contribution in [0.25, 0.3) is 10.1 Å². The highest BCUT2D eigenvalue weighted by Gasteiger charge is 2.13. The van der Waals surface area contributed by atoms with Crippen LogP contribution in [0, 0.1) is 10.1 Å². The molecule has 0 fully saturated rings. The number of hydrogen-bond donors (Lipinski definition) is 2. The summed E-state index contributed by atoms with van der Waals surface area (Å²) in [4.78, 5) is 34.3. The number of aromatic carboxylic acids is 1. The topological polar surface area (TPSA) is 131 Å². The van der Waals surface area contributed by atoms with Gasteiger partial charge in [0.25, 0.3) is 11.6 Å². The first-order chi connectivity index (χ1) is 16.4. The van der Waals surface area contributed by atoms with Gasteiger partial charge in [0, 0.05) is 27.8 Å². The zero-order valence-corrected chi connectivity index (χ0v) is 18.3. The van der Waals surface area contributed by atoms with E-state index in [0.717, 1.165) is 10.3 Å². The molecule has 0 radical (unpaired) electrons. The number of amides is 1. The summed E-state index contributed by atoms with van der Waals surface area (Å²) in [6.07, 6.45) is 1.46. The second-order valence-electron chi connectivity index (χ2n) is 7.12. The van der Waals surface area contributed by atoms with Crippen molar-refractivity contribution >= 4 is 45.2 Å². The normalized spacial score (nSPS) is 10.9. The first-order valence-corrected chi connectivity index (χ1v) is 10.8. The third-order valence-electron chi connectivity index (χ3n) is 4.82. The Bertz CT molecular complexity index is 1410. The number of para-hydroxylation sites is 1. The van der Waals surface area contributed by atoms with E-state index < -0.39 is 16.8 Å². The summed E-state index contributed by atoms with van der Waals surface area (Å²) in [5.41, 5.74) is 4.06. The van der Waals surface area contributed by atoms with Crippen LogP contribution in [0.3, 0.4) is 0 Å². The average molecular weight is 475 g/mol. The minimum atomic E-state index is -0.993. The third-order valence-corrected chi connectivity index (χ3v) is 5.93. The molecule has 0 bridgehead atoms. The Kier molecular flexibility index (Phi) is 6.60. The van der Waals surface area contributed by atoms with Crippen molar-refractivity contribution in [1.82, 2.24) is 5.43 Å². The number of carbonyl (C=O) groups is 2. The van der Waals surface area contributed by atoms with Gasteiger partial charge in [-0.05, 0) is 42.0 Å². The lowest BCUT2D eigenvalue weighted by molar-refractivity contribution is -0.384. The Balaban J connectivity index is 1.41. The molecule has 4 rings (SSSR count). The molecule has 4 aromatic rings. The minimum absolute atomic E-state index is 0.0373. The van der Waals surface area contributed by atoms with E-state index in [2.05, 4.69) is 10.5 Å². The van der Waals surface area contributed by atoms with Gasteiger partial charge in [0.15, 0.2) is 0 Å². The number of nitrogens with one attached hydrogen (secondary N) is 1. The van der Waals surface area contributed by atoms with Crippen molar-refractivity contribution in [2.24, 2.45) is 5.10 Å². The summed E-state index contributed by atoms with van der Waals surface area (Å²) in [5.74, 6) is -0.887. The molecular formula is C24H17N3O6S. The van der Waals surface area contributed by atoms with Crippen LogP contribution < -0.4 is 10.2 Å². The molecule has 9 nitrogen and oxygen atoms in total. The fourth-order valence-corrected chi connectivity index (χ4v) is 4.03. The van der Waals surface area contributed by atoms with Crippen LogP contribution in [0.15, 0.2) is 77.9 Å². The Morgan fingerprint density at radius 2 is 1.85 bits per heavy atom. The van der Waals surface area contributed by atoms with E-state index in [1.165, 1.54) is 41.8 Å². The average Bonchev–Trinajstić information content (AvgIpc) is 3.27. The first kappa shape index (κ1) is 22.6. The van der Waals surface area contributed by atoms with Crippen LogP contribution in [-0.2, 0) is 6.61 Å². The SMILES string of the molecule is O=C(O)c1ccc(COc2ccccc2C=NNC(=O)c2cc3cc([N+](=O)[O-])ccc3s2)cc1. The van der Waals surface area contributed by atoms with E-state index in [4.69, 9.17) is 9.84 Å². The fourth-order valence-electron chi connectivity index (χ4n) is 3.10. The van der Waals surface area contributed by atoms with Crippen LogP contribution in [0.2, 0.25) is 0 Å². The number of nitrogens with zero attached hydrogens (tertiary/aromatic N) is 2. The van der Waals surface area contributed by atoms with Crippen LogP contribution in [0.5, 0.6) is 5.75 Å². The van der Waals surface area contributed by atoms with Gasteiger partial charge in [-0.15, -0.1) is 11.3 Å². The lowest BCUT2D eigenvalue weighted by Crippen LogP contribution is -2.16. The van der Waals surface area contributed by atoms with E-state index >= 15 is 0 Å². The number of nitro groups is 1. The molecule has 170 valence electrons. The highest BCUT2D eigenvalue weighted by molar-refractivity contribution is 7.20. The molecule has 0 saturated carbocycles. The van der Waals surface area contributed by atoms with Gasteiger partial charge in [-0.1, -0.05) is 24.3 Å². The molecule has 3 aromatic carbocycles. The summed E-state index contributed by atoms with van der Waals surface area (Å²) >= 11 is 1.21. The van der Waals surface area contributed by atoms with Gasteiger partial charge in [0.05, 0.1) is 21.6 Å². The maximum atomic E-state index is 12.5. The maximum absolute atomic E-state index is 12.5. The van der Waals surface area contributed by atoms with Gasteiger partial charge < -0.3 is 9.84 Å². The number of rotatable bonds is 8. The quantitative estimate of drug-likeness (QED) is 0.213. The molecule has 0 unspecified atom stereocenters. The molecule has 0 aliphatic carbocycles. The Labute approximate surface area is 197 Å². The highest BCUT2D eigenvalue weighted by atomic mass is 32.1. The van der Waals surface area contributed by atoms with Crippen molar-refractivity contribution in [2.45, 2.75) is 6.61 Å². The van der Waals surface area contributed by atoms with E-state index in [1.807, 2.05) is 0 Å². The number of fused-ring (bicyclic) bond motifs is 1. The van der Waals surface area contributed by atoms with Crippen LogP contribution in [0.4, 0.5) is 5.69 Å². The number of hydrogen-bond acceptors (Lipinski definition) is 7. The molecule has 1 amide bonds. The summed E-state index contributed by atoms with van der Waals surface area (Å²) in [7, 11) is 0. The van der Waals surface area contributed by atoms with Crippen molar-refractivity contribution in [3.05, 3.63) is 104 Å². The van der Waals surface area contributed by atoms with E-state index in [1.54, 1.807) is 48.5 Å². The van der Waals surface area contributed by atoms with Crippen molar-refractivity contribution in [1.29, 1.82) is 0 Å². The number of carboxylic acids is 1. The predicted molar refractivity (Wildman–Crippen MR) is 128 cm³/mol. The van der Waals surface area contributed by atoms with Gasteiger partial charge >= 0.3 is 5.97 Å². The lowest BCUT2D eigenvalue weighted by Gasteiger charge is -2.09. The van der Waals surface area contributed by atoms with Crippen LogP contribution >= 0.6 is 11.3 Å². The Hall–Kier alpha value is -4.57. The maximum Gasteiger partial charge on any atom is 0.335 e. The molecule has 0 aliphatic heterocycles. The zero-order valence-electron chi connectivity index (χ0n) is 17.5. The molecular weight excluding hydrogens is 458 g/mol. The molecule has 10 heteroatoms. The number of nitro benzene ring substituents is 1. The molecule has 1 aromatic heterocycles. The highest BCUT2D eigenvalue weighted by Crippen LogP contribution is 2.29. The standard InChI is InChI=1S/C24H17N3O6S/c28-23(22-12-18-11-19(27(31)32)9-10-21(18)34-22)26-25-13-17-3-1-2-4-20(17)33-14-15-5-7-16(8-6-15)24(29)30/h1-13H,14H2,(H,26,28)(H,29,30). The fraction of sp³-hybridized carbons (Fsp3) is 0.0417. The van der Waals surface area contributed by atoms with Crippen molar-refractivity contribution in [3.63, 3.8) is 0 Å². The minimum Gasteiger partial charge on any atom is -0.488 e. The first-order valence-electron chi connectivity index (χ1n) is 9.96. The molecule has 1 heterocycles. The summed E-state index contributed by atoms with van der Waals surface area (Å²) in [5, 5.41) is 24.5. The van der Waals surface area contributed by atoms with Crippen LogP contribution in [-0.4, -0.2) is 28.1 Å². The Morgan fingerprint density at radius 3 is 2.59 bits per heavy atom. The predicted octanol–water partition coefficient (Wildman–Crippen LogP) is 4.85. The van der Waals surface area contributed by atoms with Crippen molar-refractivity contribution in [3.8, 4) is 5.75 Å². The molecule has 2 N–H and O–H groups in total. The largest absolute Gasteiger partial charge is 0.488 e. The van der Waals surface area contributed by atoms with Crippen molar-refractivity contribution in [2.75, 3.05) is 0 Å². The van der Waals surface area contributed by atoms with Gasteiger partial charge in [0.1, 0.15) is 12.4 Å². The number of benzene rings is 3. The number of carboxylic acid groups (broad SMARTS) is 1. The van der Waals surface area contributed by atoms with Crippen molar-refractivity contribution < 1.29 is 24.4 Å². The van der Waals surface area contributed by atoms with Gasteiger partial charge in [0.2, 0.25) is 0 Å². The molecule has 0 aliphatic rings. The number of carbonyl (C=O) groups excluding carboxylic acids is 1. The number of non-ortho nitro benzene ring substituents is 1. The smallest absolute Gasteiger partial charge is 0.335 e. The van der Waals surface area contributed by atoms with Gasteiger partial charge in [-0.2, -0.15) is 5.10 Å². The summed E-state index contributed by atoms with van der Waals surface area (Å²) < 4.78 is 6.59. The van der Waals surface area contributed by atoms with E-state index in [-0.39, 0.29) is 17.9 Å². The second kappa shape index (κ2) is 9.92. The second-order valence-corrected chi connectivity index (χ2v) is 8.20. The zero-order chi connectivity index (χ0) is 24.1. The molecule has 0 saturated heterocycles. The monoisotopic (exact) mass is 475 g/mol. The molecule has 34 heavy (non-hydrogen) atoms. The van der Waals surface area contributed by atoms with E-state index in [9.17, 15) is 19.7 Å². The number of ether oxygens (including phenoxy) is 1. The molecule has 0 atom stereocenters. The Morgan fingerprint density at radius 1 is 1.09 bits per heavy atom. The summed E-state index contributed by atoms with van der Waals surface area (Å²) in [6, 6.07) is 19.5. The van der Waals surface area contributed by atoms with Gasteiger partial charge in [-0.3, -0.25) is 14.9 Å². The summed E-state index contributed by atoms with van der Waals surface area (Å²) in [6.45, 7) is 0.227. The molecule has 0 spiro atoms. The number of thiophene rings is 1. The van der Waals surface area contributed by atoms with Crippen LogP contribution in [0.1, 0.15) is 31.2 Å².